The Morgan fingerprint density at radius 2 is 2.21 bits per heavy atom. The van der Waals surface area contributed by atoms with Crippen LogP contribution in [0.15, 0.2) is 29.4 Å². The zero-order valence-electron chi connectivity index (χ0n) is 15.9. The fourth-order valence-corrected chi connectivity index (χ4v) is 2.54. The van der Waals surface area contributed by atoms with Crippen molar-refractivity contribution in [2.75, 3.05) is 32.1 Å². The molecule has 2 rings (SSSR count). The lowest BCUT2D eigenvalue weighted by Gasteiger charge is -2.10. The fourth-order valence-electron chi connectivity index (χ4n) is 2.38. The number of amides is 1. The van der Waals surface area contributed by atoms with E-state index in [0.717, 1.165) is 25.1 Å². The van der Waals surface area contributed by atoms with Crippen LogP contribution >= 0.6 is 11.6 Å². The van der Waals surface area contributed by atoms with E-state index >= 15 is 0 Å². The van der Waals surface area contributed by atoms with Gasteiger partial charge in [0.15, 0.2) is 0 Å². The fraction of sp³-hybridized carbons (Fsp3) is 0.421. The lowest BCUT2D eigenvalue weighted by molar-refractivity contribution is -0.114. The minimum atomic E-state index is -0.374. The average molecular weight is 407 g/mol. The van der Waals surface area contributed by atoms with Crippen LogP contribution in [0, 0.1) is 5.41 Å². The highest BCUT2D eigenvalue weighted by Crippen LogP contribution is 2.26. The first-order valence-corrected chi connectivity index (χ1v) is 9.52. The summed E-state index contributed by atoms with van der Waals surface area (Å²) < 4.78 is 4.69. The molecule has 6 N–H and O–H groups in total. The minimum absolute atomic E-state index is 0.0672. The maximum absolute atomic E-state index is 12.0. The molecule has 1 amide bonds. The Bertz CT molecular complexity index is 746. The van der Waals surface area contributed by atoms with E-state index in [0.29, 0.717) is 22.3 Å². The number of amidine groups is 1. The highest BCUT2D eigenvalue weighted by molar-refractivity contribution is 6.34. The van der Waals surface area contributed by atoms with Gasteiger partial charge in [-0.15, -0.1) is 0 Å². The molecule has 8 nitrogen and oxygen atoms in total. The maximum Gasteiger partial charge on any atom is 0.282 e. The number of allylic oxidation sites excluding steroid dienone is 1. The van der Waals surface area contributed by atoms with E-state index in [4.69, 9.17) is 27.5 Å². The molecule has 1 aliphatic carbocycles. The molecule has 0 bridgehead atoms. The number of benzene rings is 1. The first-order valence-electron chi connectivity index (χ1n) is 9.14. The Labute approximate surface area is 170 Å². The molecule has 0 spiro atoms. The van der Waals surface area contributed by atoms with Crippen LogP contribution in [-0.4, -0.2) is 50.9 Å². The molecule has 0 aliphatic heterocycles. The van der Waals surface area contributed by atoms with Gasteiger partial charge in [0, 0.05) is 30.6 Å². The van der Waals surface area contributed by atoms with Gasteiger partial charge in [-0.25, -0.2) is 4.99 Å². The zero-order valence-corrected chi connectivity index (χ0v) is 16.7. The second-order valence-corrected chi connectivity index (χ2v) is 6.79. The number of nitrogens with zero attached hydrogens (tertiary/aromatic N) is 1. The second kappa shape index (κ2) is 11.3. The van der Waals surface area contributed by atoms with Gasteiger partial charge in [0.2, 0.25) is 5.91 Å². The Morgan fingerprint density at radius 1 is 1.43 bits per heavy atom. The first-order chi connectivity index (χ1) is 13.5. The molecule has 1 aliphatic rings. The number of hydrogen-bond acceptors (Lipinski definition) is 6. The summed E-state index contributed by atoms with van der Waals surface area (Å²) in [5.74, 6) is -0.374. The van der Waals surface area contributed by atoms with E-state index in [-0.39, 0.29) is 18.5 Å². The molecule has 0 unspecified atom stereocenters. The Balaban J connectivity index is 1.93. The van der Waals surface area contributed by atoms with Crippen molar-refractivity contribution >= 4 is 41.0 Å². The van der Waals surface area contributed by atoms with Gasteiger partial charge < -0.3 is 31.8 Å². The predicted octanol–water partition coefficient (Wildman–Crippen LogP) is 1.96. The number of hydrogen-bond donors (Lipinski definition) is 5. The summed E-state index contributed by atoms with van der Waals surface area (Å²) in [7, 11) is 1.37. The molecule has 1 aromatic rings. The number of nitrogens with two attached hydrogens (primary N) is 1. The van der Waals surface area contributed by atoms with Crippen molar-refractivity contribution in [1.82, 2.24) is 10.6 Å². The van der Waals surface area contributed by atoms with Crippen LogP contribution < -0.4 is 21.7 Å². The summed E-state index contributed by atoms with van der Waals surface area (Å²) >= 11 is 6.17. The molecule has 1 aromatic carbocycles. The minimum Gasteiger partial charge on any atom is -0.469 e. The number of carbonyl (C=O) groups is 1. The van der Waals surface area contributed by atoms with Crippen molar-refractivity contribution in [3.8, 4) is 0 Å². The lowest BCUT2D eigenvalue weighted by Crippen LogP contribution is -2.21. The molecule has 9 heteroatoms. The van der Waals surface area contributed by atoms with Gasteiger partial charge in [-0.2, -0.15) is 0 Å². The van der Waals surface area contributed by atoms with Gasteiger partial charge in [0.05, 0.1) is 17.8 Å². The van der Waals surface area contributed by atoms with Crippen molar-refractivity contribution in [3.63, 3.8) is 0 Å². The molecule has 1 fully saturated rings. The van der Waals surface area contributed by atoms with E-state index in [1.807, 2.05) is 0 Å². The summed E-state index contributed by atoms with van der Waals surface area (Å²) in [5.41, 5.74) is 7.29. The van der Waals surface area contributed by atoms with Crippen LogP contribution in [0.2, 0.25) is 5.02 Å². The first kappa shape index (κ1) is 21.7. The number of rotatable bonds is 11. The molecule has 0 radical (unpaired) electrons. The number of anilines is 1. The summed E-state index contributed by atoms with van der Waals surface area (Å²) in [4.78, 5) is 15.8. The van der Waals surface area contributed by atoms with Gasteiger partial charge in [-0.05, 0) is 43.5 Å². The summed E-state index contributed by atoms with van der Waals surface area (Å²) in [6.07, 6.45) is 6.63. The number of carbonyl (C=O) groups excluding carboxylic acids is 1. The van der Waals surface area contributed by atoms with Crippen LogP contribution in [0.5, 0.6) is 0 Å². The summed E-state index contributed by atoms with van der Waals surface area (Å²) in [5, 5.41) is 17.4. The molecule has 0 atom stereocenters. The van der Waals surface area contributed by atoms with E-state index in [2.05, 4.69) is 20.9 Å². The molecule has 28 heavy (non-hydrogen) atoms. The predicted molar refractivity (Wildman–Crippen MR) is 114 cm³/mol. The van der Waals surface area contributed by atoms with Gasteiger partial charge in [0.1, 0.15) is 6.54 Å². The highest BCUT2D eigenvalue weighted by Gasteiger charge is 2.19. The van der Waals surface area contributed by atoms with Gasteiger partial charge in [0.25, 0.3) is 6.02 Å². The van der Waals surface area contributed by atoms with Crippen LogP contribution in [0.1, 0.15) is 24.8 Å². The van der Waals surface area contributed by atoms with Crippen LogP contribution in [0.4, 0.5) is 5.69 Å². The zero-order chi connectivity index (χ0) is 20.4. The Hall–Kier alpha value is -2.58. The van der Waals surface area contributed by atoms with Crippen molar-refractivity contribution < 1.29 is 9.53 Å². The van der Waals surface area contributed by atoms with E-state index in [1.165, 1.54) is 26.2 Å². The smallest absolute Gasteiger partial charge is 0.282 e. The lowest BCUT2D eigenvalue weighted by atomic mass is 10.1. The average Bonchev–Trinajstić information content (AvgIpc) is 3.52. The largest absolute Gasteiger partial charge is 0.469 e. The quantitative estimate of drug-likeness (QED) is 0.218. The molecule has 152 valence electrons. The number of nitrogens with one attached hydrogen (secondary N) is 4. The molecular formula is C19H27ClN6O2. The van der Waals surface area contributed by atoms with Crippen LogP contribution in [0.25, 0.3) is 5.57 Å². The number of halogens is 1. The van der Waals surface area contributed by atoms with E-state index in [1.54, 1.807) is 24.4 Å². The van der Waals surface area contributed by atoms with Crippen molar-refractivity contribution in [1.29, 1.82) is 5.41 Å². The van der Waals surface area contributed by atoms with Crippen molar-refractivity contribution in [2.24, 2.45) is 10.7 Å². The topological polar surface area (TPSA) is 125 Å². The summed E-state index contributed by atoms with van der Waals surface area (Å²) in [6.45, 7) is 1.62. The highest BCUT2D eigenvalue weighted by atomic mass is 35.5. The molecule has 0 saturated heterocycles. The Morgan fingerprint density at radius 3 is 2.89 bits per heavy atom. The van der Waals surface area contributed by atoms with E-state index in [9.17, 15) is 4.79 Å². The summed E-state index contributed by atoms with van der Waals surface area (Å²) in [6, 6.07) is 5.84. The van der Waals surface area contributed by atoms with Gasteiger partial charge in [-0.1, -0.05) is 17.7 Å². The van der Waals surface area contributed by atoms with E-state index < -0.39 is 0 Å². The molecular weight excluding hydrogens is 380 g/mol. The standard InChI is InChI=1S/C19H27ClN6O2/c1-28-19(22)25-12-18(27)26-17-9-13(3-6-16(17)20)14(10-21)11-23-7-2-8-24-15-4-5-15/h3,6,9-11,15,21,23-24H,2,4-5,7-8,12H2,1H3,(H2,22,25)(H,26,27)/b14-11+,21-10?. The maximum atomic E-state index is 12.0. The van der Waals surface area contributed by atoms with Crippen molar-refractivity contribution in [2.45, 2.75) is 25.3 Å². The number of methoxy groups -OCH3 is 1. The van der Waals surface area contributed by atoms with Gasteiger partial charge >= 0.3 is 0 Å². The second-order valence-electron chi connectivity index (χ2n) is 6.38. The molecule has 1 saturated carbocycles. The third kappa shape index (κ3) is 7.58. The number of ether oxygens (including phenoxy) is 1. The van der Waals surface area contributed by atoms with Crippen LogP contribution in [-0.2, 0) is 9.53 Å². The number of aliphatic imine (C=N–C) groups is 1. The Kier molecular flexibility index (Phi) is 8.77. The third-order valence-electron chi connectivity index (χ3n) is 4.08. The normalized spacial score (nSPS) is 14.5. The third-order valence-corrected chi connectivity index (χ3v) is 4.41. The monoisotopic (exact) mass is 406 g/mol. The molecule has 0 heterocycles. The SMILES string of the molecule is CO/C(N)=N\CC(=O)Nc1cc(/C(C=N)=C/NCCCNC2CC2)ccc1Cl. The van der Waals surface area contributed by atoms with Crippen LogP contribution in [0.3, 0.4) is 0 Å². The molecule has 0 aromatic heterocycles. The van der Waals surface area contributed by atoms with Gasteiger partial charge in [-0.3, -0.25) is 4.79 Å². The van der Waals surface area contributed by atoms with Crippen molar-refractivity contribution in [3.05, 3.63) is 35.0 Å².